The van der Waals surface area contributed by atoms with Gasteiger partial charge in [0.15, 0.2) is 0 Å². The van der Waals surface area contributed by atoms with Gasteiger partial charge in [0.25, 0.3) is 0 Å². The Balaban J connectivity index is 2.10. The summed E-state index contributed by atoms with van der Waals surface area (Å²) in [5, 5.41) is 6.59. The van der Waals surface area contributed by atoms with Gasteiger partial charge in [0.1, 0.15) is 5.75 Å². The standard InChI is InChI=1S/C15H20N2OS/c1-3-6-16-11-13-9-12(4-5-14(13)18-2)10-15-17-7-8-19-15/h4-5,7-9,16H,3,6,10-11H2,1-2H3. The van der Waals surface area contributed by atoms with Gasteiger partial charge in [-0.05, 0) is 24.6 Å². The van der Waals surface area contributed by atoms with Crippen LogP contribution in [0.2, 0.25) is 0 Å². The van der Waals surface area contributed by atoms with Crippen LogP contribution in [0.5, 0.6) is 5.75 Å². The molecule has 102 valence electrons. The Morgan fingerprint density at radius 2 is 2.26 bits per heavy atom. The van der Waals surface area contributed by atoms with E-state index >= 15 is 0 Å². The van der Waals surface area contributed by atoms with Gasteiger partial charge in [0.05, 0.1) is 12.1 Å². The first kappa shape index (κ1) is 14.0. The smallest absolute Gasteiger partial charge is 0.123 e. The maximum Gasteiger partial charge on any atom is 0.123 e. The van der Waals surface area contributed by atoms with Crippen molar-refractivity contribution in [3.8, 4) is 5.75 Å². The Kier molecular flexibility index (Phi) is 5.36. The molecule has 0 aliphatic carbocycles. The highest BCUT2D eigenvalue weighted by molar-refractivity contribution is 7.09. The van der Waals surface area contributed by atoms with Crippen LogP contribution < -0.4 is 10.1 Å². The monoisotopic (exact) mass is 276 g/mol. The van der Waals surface area contributed by atoms with Crippen molar-refractivity contribution in [3.63, 3.8) is 0 Å². The average molecular weight is 276 g/mol. The van der Waals surface area contributed by atoms with Gasteiger partial charge < -0.3 is 10.1 Å². The predicted octanol–water partition coefficient (Wildman–Crippen LogP) is 3.24. The van der Waals surface area contributed by atoms with E-state index in [0.29, 0.717) is 0 Å². The van der Waals surface area contributed by atoms with Crippen molar-refractivity contribution >= 4 is 11.3 Å². The number of nitrogens with one attached hydrogen (secondary N) is 1. The van der Waals surface area contributed by atoms with Crippen LogP contribution in [0.15, 0.2) is 29.8 Å². The van der Waals surface area contributed by atoms with Gasteiger partial charge in [-0.3, -0.25) is 0 Å². The minimum Gasteiger partial charge on any atom is -0.496 e. The maximum atomic E-state index is 5.41. The van der Waals surface area contributed by atoms with E-state index in [4.69, 9.17) is 4.74 Å². The lowest BCUT2D eigenvalue weighted by atomic mass is 10.1. The second-order valence-corrected chi connectivity index (χ2v) is 5.40. The van der Waals surface area contributed by atoms with Gasteiger partial charge in [0, 0.05) is 30.1 Å². The number of rotatable bonds is 7. The molecule has 0 aliphatic rings. The Bertz CT molecular complexity index is 497. The highest BCUT2D eigenvalue weighted by Gasteiger charge is 2.06. The molecule has 0 bridgehead atoms. The summed E-state index contributed by atoms with van der Waals surface area (Å²) >= 11 is 1.70. The lowest BCUT2D eigenvalue weighted by Gasteiger charge is -2.11. The molecular formula is C15H20N2OS. The molecule has 0 fully saturated rings. The lowest BCUT2D eigenvalue weighted by Crippen LogP contribution is -2.14. The second kappa shape index (κ2) is 7.26. The van der Waals surface area contributed by atoms with Crippen molar-refractivity contribution in [2.45, 2.75) is 26.3 Å². The lowest BCUT2D eigenvalue weighted by molar-refractivity contribution is 0.407. The molecule has 0 unspecified atom stereocenters. The normalized spacial score (nSPS) is 10.6. The van der Waals surface area contributed by atoms with Crippen LogP contribution in [0, 0.1) is 0 Å². The molecule has 4 heteroatoms. The fraction of sp³-hybridized carbons (Fsp3) is 0.400. The summed E-state index contributed by atoms with van der Waals surface area (Å²) in [6.45, 7) is 4.05. The molecule has 2 aromatic rings. The largest absolute Gasteiger partial charge is 0.496 e. The van der Waals surface area contributed by atoms with Crippen LogP contribution in [-0.4, -0.2) is 18.6 Å². The van der Waals surface area contributed by atoms with Gasteiger partial charge in [-0.25, -0.2) is 4.98 Å². The summed E-state index contributed by atoms with van der Waals surface area (Å²) in [5.41, 5.74) is 2.49. The van der Waals surface area contributed by atoms with E-state index in [9.17, 15) is 0 Å². The molecule has 19 heavy (non-hydrogen) atoms. The molecule has 0 atom stereocenters. The van der Waals surface area contributed by atoms with Gasteiger partial charge in [-0.2, -0.15) is 0 Å². The predicted molar refractivity (Wildman–Crippen MR) is 79.9 cm³/mol. The Morgan fingerprint density at radius 3 is 2.95 bits per heavy atom. The number of ether oxygens (including phenoxy) is 1. The molecule has 3 nitrogen and oxygen atoms in total. The third-order valence-electron chi connectivity index (χ3n) is 2.93. The first-order valence-corrected chi connectivity index (χ1v) is 7.46. The van der Waals surface area contributed by atoms with E-state index < -0.39 is 0 Å². The molecule has 0 aliphatic heterocycles. The van der Waals surface area contributed by atoms with Crippen molar-refractivity contribution < 1.29 is 4.74 Å². The first-order chi connectivity index (χ1) is 9.33. The molecule has 0 saturated carbocycles. The number of aromatic nitrogens is 1. The Hall–Kier alpha value is -1.39. The number of thiazole rings is 1. The van der Waals surface area contributed by atoms with E-state index in [1.54, 1.807) is 18.4 Å². The highest BCUT2D eigenvalue weighted by atomic mass is 32.1. The van der Waals surface area contributed by atoms with Crippen molar-refractivity contribution in [2.24, 2.45) is 0 Å². The topological polar surface area (TPSA) is 34.2 Å². The van der Waals surface area contributed by atoms with Gasteiger partial charge in [-0.15, -0.1) is 11.3 Å². The SMILES string of the molecule is CCCNCc1cc(Cc2nccs2)ccc1OC. The van der Waals surface area contributed by atoms with Crippen LogP contribution in [0.4, 0.5) is 0 Å². The maximum absolute atomic E-state index is 5.41. The zero-order valence-corrected chi connectivity index (χ0v) is 12.3. The molecule has 0 amide bonds. The molecule has 2 rings (SSSR count). The Morgan fingerprint density at radius 1 is 1.37 bits per heavy atom. The number of benzene rings is 1. The molecule has 1 N–H and O–H groups in total. The fourth-order valence-electron chi connectivity index (χ4n) is 1.99. The average Bonchev–Trinajstić information content (AvgIpc) is 2.92. The summed E-state index contributed by atoms with van der Waals surface area (Å²) < 4.78 is 5.41. The third-order valence-corrected chi connectivity index (χ3v) is 3.71. The van der Waals surface area contributed by atoms with Gasteiger partial charge >= 0.3 is 0 Å². The third kappa shape index (κ3) is 4.04. The van der Waals surface area contributed by atoms with Crippen LogP contribution in [0.1, 0.15) is 29.5 Å². The molecule has 1 aromatic heterocycles. The van der Waals surface area contributed by atoms with E-state index in [-0.39, 0.29) is 0 Å². The van der Waals surface area contributed by atoms with Gasteiger partial charge in [0.2, 0.25) is 0 Å². The van der Waals surface area contributed by atoms with Crippen LogP contribution >= 0.6 is 11.3 Å². The van der Waals surface area contributed by atoms with Crippen LogP contribution in [0.25, 0.3) is 0 Å². The fourth-order valence-corrected chi connectivity index (χ4v) is 2.65. The summed E-state index contributed by atoms with van der Waals surface area (Å²) in [6.07, 6.45) is 3.89. The molecule has 0 spiro atoms. The van der Waals surface area contributed by atoms with E-state index in [1.807, 2.05) is 17.6 Å². The molecule has 1 heterocycles. The number of nitrogens with zero attached hydrogens (tertiary/aromatic N) is 1. The summed E-state index contributed by atoms with van der Waals surface area (Å²) in [7, 11) is 1.72. The minimum absolute atomic E-state index is 0.850. The van der Waals surface area contributed by atoms with Crippen molar-refractivity contribution in [2.75, 3.05) is 13.7 Å². The highest BCUT2D eigenvalue weighted by Crippen LogP contribution is 2.22. The summed E-state index contributed by atoms with van der Waals surface area (Å²) in [5.74, 6) is 0.950. The van der Waals surface area contributed by atoms with Crippen molar-refractivity contribution in [3.05, 3.63) is 45.9 Å². The van der Waals surface area contributed by atoms with Crippen molar-refractivity contribution in [1.82, 2.24) is 10.3 Å². The summed E-state index contributed by atoms with van der Waals surface area (Å²) in [4.78, 5) is 4.33. The molecule has 0 saturated heterocycles. The quantitative estimate of drug-likeness (QED) is 0.788. The van der Waals surface area contributed by atoms with Crippen molar-refractivity contribution in [1.29, 1.82) is 0 Å². The molecule has 0 radical (unpaired) electrons. The molecular weight excluding hydrogens is 256 g/mol. The zero-order valence-electron chi connectivity index (χ0n) is 11.5. The second-order valence-electron chi connectivity index (χ2n) is 4.43. The number of hydrogen-bond donors (Lipinski definition) is 1. The Labute approximate surface area is 118 Å². The summed E-state index contributed by atoms with van der Waals surface area (Å²) in [6, 6.07) is 6.37. The number of hydrogen-bond acceptors (Lipinski definition) is 4. The van der Waals surface area contributed by atoms with Gasteiger partial charge in [-0.1, -0.05) is 19.1 Å². The minimum atomic E-state index is 0.850. The first-order valence-electron chi connectivity index (χ1n) is 6.58. The van der Waals surface area contributed by atoms with E-state index in [2.05, 4.69) is 29.4 Å². The van der Waals surface area contributed by atoms with E-state index in [0.717, 1.165) is 36.7 Å². The van der Waals surface area contributed by atoms with Crippen LogP contribution in [-0.2, 0) is 13.0 Å². The number of methoxy groups -OCH3 is 1. The van der Waals surface area contributed by atoms with Crippen LogP contribution in [0.3, 0.4) is 0 Å². The molecule has 1 aromatic carbocycles. The van der Waals surface area contributed by atoms with E-state index in [1.165, 1.54) is 11.1 Å². The zero-order chi connectivity index (χ0) is 13.5.